The van der Waals surface area contributed by atoms with Crippen molar-refractivity contribution < 1.29 is 14.3 Å². The molecule has 3 rings (SSSR count). The first kappa shape index (κ1) is 19.2. The number of hydrogen-bond donors (Lipinski definition) is 2. The molecule has 2 N–H and O–H groups in total. The van der Waals surface area contributed by atoms with E-state index in [0.29, 0.717) is 29.8 Å². The van der Waals surface area contributed by atoms with E-state index in [1.807, 2.05) is 30.3 Å². The number of ether oxygens (including phenoxy) is 1. The van der Waals surface area contributed by atoms with Crippen LogP contribution in [0.5, 0.6) is 5.75 Å². The highest BCUT2D eigenvalue weighted by Crippen LogP contribution is 2.18. The quantitative estimate of drug-likeness (QED) is 0.659. The molecule has 0 atom stereocenters. The molecule has 2 amide bonds. The third-order valence-corrected chi connectivity index (χ3v) is 4.33. The number of amides is 2. The number of carbonyl (C=O) groups is 2. The second-order valence-electron chi connectivity index (χ2n) is 6.18. The SMILES string of the molecule is COc1ccccc1CCNC(=O)c1ccccc1NC(=O)c1ccccc1. The Morgan fingerprint density at radius 2 is 1.50 bits per heavy atom. The summed E-state index contributed by atoms with van der Waals surface area (Å²) in [6, 6.07) is 23.6. The number of carbonyl (C=O) groups excluding carboxylic acids is 2. The standard InChI is InChI=1S/C23H22N2O3/c1-28-21-14-8-5-9-17(21)15-16-24-23(27)19-12-6-7-13-20(19)25-22(26)18-10-3-2-4-11-18/h2-14H,15-16H2,1H3,(H,24,27)(H,25,26). The summed E-state index contributed by atoms with van der Waals surface area (Å²) in [5.74, 6) is 0.306. The minimum absolute atomic E-state index is 0.237. The zero-order valence-electron chi connectivity index (χ0n) is 15.6. The fourth-order valence-corrected chi connectivity index (χ4v) is 2.89. The van der Waals surface area contributed by atoms with Gasteiger partial charge >= 0.3 is 0 Å². The Bertz CT molecular complexity index is 955. The Hall–Kier alpha value is -3.60. The molecule has 0 unspecified atom stereocenters. The highest BCUT2D eigenvalue weighted by atomic mass is 16.5. The molecule has 5 heteroatoms. The largest absolute Gasteiger partial charge is 0.496 e. The van der Waals surface area contributed by atoms with Crippen molar-refractivity contribution in [2.45, 2.75) is 6.42 Å². The predicted octanol–water partition coefficient (Wildman–Crippen LogP) is 3.92. The number of benzene rings is 3. The highest BCUT2D eigenvalue weighted by Gasteiger charge is 2.14. The van der Waals surface area contributed by atoms with Gasteiger partial charge in [-0.2, -0.15) is 0 Å². The van der Waals surface area contributed by atoms with Gasteiger partial charge in [0.15, 0.2) is 0 Å². The minimum atomic E-state index is -0.255. The van der Waals surface area contributed by atoms with Crippen molar-refractivity contribution in [1.82, 2.24) is 5.32 Å². The summed E-state index contributed by atoms with van der Waals surface area (Å²) >= 11 is 0. The van der Waals surface area contributed by atoms with Crippen LogP contribution in [0, 0.1) is 0 Å². The number of para-hydroxylation sites is 2. The van der Waals surface area contributed by atoms with Crippen LogP contribution in [0.3, 0.4) is 0 Å². The Morgan fingerprint density at radius 1 is 0.821 bits per heavy atom. The van der Waals surface area contributed by atoms with Gasteiger partial charge in [-0.3, -0.25) is 9.59 Å². The molecule has 0 radical (unpaired) electrons. The molecular weight excluding hydrogens is 352 g/mol. The summed E-state index contributed by atoms with van der Waals surface area (Å²) in [5, 5.41) is 5.72. The average molecular weight is 374 g/mol. The highest BCUT2D eigenvalue weighted by molar-refractivity contribution is 6.08. The van der Waals surface area contributed by atoms with Gasteiger partial charge in [0.2, 0.25) is 0 Å². The van der Waals surface area contributed by atoms with E-state index in [9.17, 15) is 9.59 Å². The van der Waals surface area contributed by atoms with Crippen molar-refractivity contribution >= 4 is 17.5 Å². The Balaban J connectivity index is 1.65. The summed E-state index contributed by atoms with van der Waals surface area (Å²) < 4.78 is 5.33. The molecule has 0 heterocycles. The second kappa shape index (κ2) is 9.37. The normalized spacial score (nSPS) is 10.2. The smallest absolute Gasteiger partial charge is 0.255 e. The van der Waals surface area contributed by atoms with Crippen LogP contribution in [-0.4, -0.2) is 25.5 Å². The summed E-state index contributed by atoms with van der Waals surface area (Å²) in [4.78, 5) is 25.0. The molecule has 0 aliphatic heterocycles. The molecule has 0 saturated carbocycles. The van der Waals surface area contributed by atoms with Gasteiger partial charge in [-0.15, -0.1) is 0 Å². The van der Waals surface area contributed by atoms with E-state index in [1.54, 1.807) is 55.6 Å². The Morgan fingerprint density at radius 3 is 2.29 bits per heavy atom. The molecule has 0 aliphatic carbocycles. The first-order valence-corrected chi connectivity index (χ1v) is 9.04. The number of rotatable bonds is 7. The third kappa shape index (κ3) is 4.76. The number of methoxy groups -OCH3 is 1. The van der Waals surface area contributed by atoms with E-state index in [2.05, 4.69) is 10.6 Å². The van der Waals surface area contributed by atoms with Gasteiger partial charge in [0.25, 0.3) is 11.8 Å². The van der Waals surface area contributed by atoms with Gasteiger partial charge in [-0.05, 0) is 42.3 Å². The van der Waals surface area contributed by atoms with E-state index in [1.165, 1.54) is 0 Å². The van der Waals surface area contributed by atoms with Crippen molar-refractivity contribution in [3.8, 4) is 5.75 Å². The van der Waals surface area contributed by atoms with Crippen molar-refractivity contribution in [1.29, 1.82) is 0 Å². The van der Waals surface area contributed by atoms with E-state index >= 15 is 0 Å². The third-order valence-electron chi connectivity index (χ3n) is 4.33. The van der Waals surface area contributed by atoms with Gasteiger partial charge in [-0.25, -0.2) is 0 Å². The van der Waals surface area contributed by atoms with Crippen LogP contribution in [0.4, 0.5) is 5.69 Å². The summed E-state index contributed by atoms with van der Waals surface area (Å²) in [6.07, 6.45) is 0.647. The molecule has 28 heavy (non-hydrogen) atoms. The number of nitrogens with one attached hydrogen (secondary N) is 2. The first-order chi connectivity index (χ1) is 13.7. The topological polar surface area (TPSA) is 67.4 Å². The molecule has 5 nitrogen and oxygen atoms in total. The molecule has 0 fully saturated rings. The second-order valence-corrected chi connectivity index (χ2v) is 6.18. The van der Waals surface area contributed by atoms with E-state index < -0.39 is 0 Å². The molecule has 0 spiro atoms. The van der Waals surface area contributed by atoms with Crippen LogP contribution >= 0.6 is 0 Å². The average Bonchev–Trinajstić information content (AvgIpc) is 2.75. The number of hydrogen-bond acceptors (Lipinski definition) is 3. The molecule has 0 saturated heterocycles. The van der Waals surface area contributed by atoms with Crippen LogP contribution in [0.15, 0.2) is 78.9 Å². The summed E-state index contributed by atoms with van der Waals surface area (Å²) in [7, 11) is 1.63. The number of anilines is 1. The maximum Gasteiger partial charge on any atom is 0.255 e. The van der Waals surface area contributed by atoms with Crippen molar-refractivity contribution in [2.75, 3.05) is 19.0 Å². The van der Waals surface area contributed by atoms with Crippen LogP contribution < -0.4 is 15.4 Å². The Labute approximate surface area is 164 Å². The fraction of sp³-hybridized carbons (Fsp3) is 0.130. The fourth-order valence-electron chi connectivity index (χ4n) is 2.89. The first-order valence-electron chi connectivity index (χ1n) is 9.04. The maximum absolute atomic E-state index is 12.6. The van der Waals surface area contributed by atoms with Crippen LogP contribution in [-0.2, 0) is 6.42 Å². The molecule has 3 aromatic rings. The molecule has 0 bridgehead atoms. The van der Waals surface area contributed by atoms with Crippen molar-refractivity contribution in [2.24, 2.45) is 0 Å². The van der Waals surface area contributed by atoms with Gasteiger partial charge in [-0.1, -0.05) is 48.5 Å². The van der Waals surface area contributed by atoms with Crippen LogP contribution in [0.1, 0.15) is 26.3 Å². The zero-order valence-corrected chi connectivity index (χ0v) is 15.6. The van der Waals surface area contributed by atoms with Crippen LogP contribution in [0.2, 0.25) is 0 Å². The van der Waals surface area contributed by atoms with Crippen molar-refractivity contribution in [3.63, 3.8) is 0 Å². The van der Waals surface area contributed by atoms with E-state index in [0.717, 1.165) is 11.3 Å². The van der Waals surface area contributed by atoms with Gasteiger partial charge in [0, 0.05) is 12.1 Å². The van der Waals surface area contributed by atoms with Crippen molar-refractivity contribution in [3.05, 3.63) is 95.6 Å². The Kier molecular flexibility index (Phi) is 6.41. The van der Waals surface area contributed by atoms with Gasteiger partial charge in [0.1, 0.15) is 5.75 Å². The molecular formula is C23H22N2O3. The molecule has 0 aromatic heterocycles. The molecule has 0 aliphatic rings. The van der Waals surface area contributed by atoms with E-state index in [4.69, 9.17) is 4.74 Å². The molecule has 3 aromatic carbocycles. The lowest BCUT2D eigenvalue weighted by Crippen LogP contribution is -2.27. The monoisotopic (exact) mass is 374 g/mol. The summed E-state index contributed by atoms with van der Waals surface area (Å²) in [5.41, 5.74) is 2.46. The lowest BCUT2D eigenvalue weighted by Gasteiger charge is -2.12. The van der Waals surface area contributed by atoms with Gasteiger partial charge < -0.3 is 15.4 Å². The zero-order chi connectivity index (χ0) is 19.8. The summed E-state index contributed by atoms with van der Waals surface area (Å²) in [6.45, 7) is 0.459. The lowest BCUT2D eigenvalue weighted by atomic mass is 10.1. The minimum Gasteiger partial charge on any atom is -0.496 e. The lowest BCUT2D eigenvalue weighted by molar-refractivity contribution is 0.0955. The van der Waals surface area contributed by atoms with Gasteiger partial charge in [0.05, 0.1) is 18.4 Å². The van der Waals surface area contributed by atoms with Crippen LogP contribution in [0.25, 0.3) is 0 Å². The predicted molar refractivity (Wildman–Crippen MR) is 110 cm³/mol. The maximum atomic E-state index is 12.6. The molecule has 142 valence electrons. The van der Waals surface area contributed by atoms with E-state index in [-0.39, 0.29) is 11.8 Å².